The molecule has 18 heavy (non-hydrogen) atoms. The van der Waals surface area contributed by atoms with Crippen LogP contribution in [-0.2, 0) is 4.74 Å². The molecule has 2 nitrogen and oxygen atoms in total. The number of fused-ring (bicyclic) bond motifs is 1. The molecule has 0 aromatic heterocycles. The molecule has 2 fully saturated rings. The van der Waals surface area contributed by atoms with Crippen LogP contribution in [0.5, 0.6) is 0 Å². The minimum absolute atomic E-state index is 0.326. The Morgan fingerprint density at radius 2 is 1.89 bits per heavy atom. The van der Waals surface area contributed by atoms with Gasteiger partial charge >= 0.3 is 0 Å². The van der Waals surface area contributed by atoms with Crippen molar-refractivity contribution in [3.63, 3.8) is 0 Å². The number of hydrogen-bond acceptors (Lipinski definition) is 2. The van der Waals surface area contributed by atoms with E-state index in [1.54, 1.807) is 0 Å². The van der Waals surface area contributed by atoms with Gasteiger partial charge in [0.2, 0.25) is 0 Å². The second-order valence-electron chi connectivity index (χ2n) is 6.42. The third-order valence-corrected chi connectivity index (χ3v) is 5.28. The number of aliphatic hydroxyl groups is 1. The lowest BCUT2D eigenvalue weighted by Crippen LogP contribution is -2.35. The first kappa shape index (κ1) is 12.5. The molecule has 0 aromatic rings. The molecule has 4 unspecified atom stereocenters. The zero-order valence-corrected chi connectivity index (χ0v) is 11.3. The van der Waals surface area contributed by atoms with Crippen molar-refractivity contribution in [3.05, 3.63) is 11.8 Å². The van der Waals surface area contributed by atoms with Crippen molar-refractivity contribution in [1.82, 2.24) is 0 Å². The van der Waals surface area contributed by atoms with E-state index in [0.29, 0.717) is 5.92 Å². The first-order valence-corrected chi connectivity index (χ1v) is 7.85. The van der Waals surface area contributed by atoms with Gasteiger partial charge in [-0.2, -0.15) is 0 Å². The summed E-state index contributed by atoms with van der Waals surface area (Å²) in [6.07, 6.45) is 13.4. The van der Waals surface area contributed by atoms with E-state index < -0.39 is 0 Å². The molecule has 2 aliphatic carbocycles. The molecule has 102 valence electrons. The molecule has 2 heteroatoms. The van der Waals surface area contributed by atoms with Gasteiger partial charge in [0.05, 0.1) is 6.61 Å². The van der Waals surface area contributed by atoms with Crippen LogP contribution in [0.25, 0.3) is 0 Å². The molecule has 0 bridgehead atoms. The van der Waals surface area contributed by atoms with Gasteiger partial charge in [0.25, 0.3) is 0 Å². The van der Waals surface area contributed by atoms with E-state index in [1.807, 2.05) is 0 Å². The predicted octanol–water partition coefficient (Wildman–Crippen LogP) is 3.65. The molecule has 3 aliphatic rings. The van der Waals surface area contributed by atoms with Crippen LogP contribution in [0.15, 0.2) is 11.8 Å². The minimum Gasteiger partial charge on any atom is -0.495 e. The van der Waals surface area contributed by atoms with Crippen LogP contribution < -0.4 is 0 Å². The second-order valence-corrected chi connectivity index (χ2v) is 6.42. The maximum absolute atomic E-state index is 10.5. The fourth-order valence-corrected chi connectivity index (χ4v) is 4.21. The molecule has 3 rings (SSSR count). The fraction of sp³-hybridized carbons (Fsp3) is 0.875. The third-order valence-electron chi connectivity index (χ3n) is 5.28. The highest BCUT2D eigenvalue weighted by atomic mass is 16.5. The molecule has 0 saturated heterocycles. The quantitative estimate of drug-likeness (QED) is 0.810. The van der Waals surface area contributed by atoms with E-state index in [-0.39, 0.29) is 6.10 Å². The third kappa shape index (κ3) is 2.59. The van der Waals surface area contributed by atoms with Crippen molar-refractivity contribution in [2.45, 2.75) is 63.9 Å². The smallest absolute Gasteiger partial charge is 0.121 e. The summed E-state index contributed by atoms with van der Waals surface area (Å²) in [7, 11) is 0. The Morgan fingerprint density at radius 1 is 1.06 bits per heavy atom. The molecule has 2 saturated carbocycles. The first-order valence-electron chi connectivity index (χ1n) is 7.85. The summed E-state index contributed by atoms with van der Waals surface area (Å²) in [6.45, 7) is 0.793. The number of allylic oxidation sites excluding steroid dienone is 1. The second kappa shape index (κ2) is 5.64. The molecule has 1 aliphatic heterocycles. The van der Waals surface area contributed by atoms with Gasteiger partial charge in [0.1, 0.15) is 11.9 Å². The van der Waals surface area contributed by atoms with Crippen LogP contribution in [0.1, 0.15) is 57.8 Å². The summed E-state index contributed by atoms with van der Waals surface area (Å²) < 4.78 is 5.64. The van der Waals surface area contributed by atoms with Crippen molar-refractivity contribution in [2.75, 3.05) is 6.61 Å². The van der Waals surface area contributed by atoms with Gasteiger partial charge in [0.15, 0.2) is 0 Å². The molecule has 1 N–H and O–H groups in total. The Balaban J connectivity index is 1.61. The highest BCUT2D eigenvalue weighted by Gasteiger charge is 2.36. The number of hydrogen-bond donors (Lipinski definition) is 1. The number of rotatable bonds is 2. The number of ether oxygens (including phenoxy) is 1. The van der Waals surface area contributed by atoms with Crippen LogP contribution >= 0.6 is 0 Å². The molecule has 0 spiro atoms. The van der Waals surface area contributed by atoms with E-state index in [0.717, 1.165) is 37.0 Å². The molecule has 0 amide bonds. The summed E-state index contributed by atoms with van der Waals surface area (Å²) >= 11 is 0. The maximum Gasteiger partial charge on any atom is 0.121 e. The topological polar surface area (TPSA) is 29.5 Å². The zero-order valence-electron chi connectivity index (χ0n) is 11.3. The standard InChI is InChI=1S/C16H26O2/c17-16(15-7-3-4-10-18-15)14-9-8-12-5-1-2-6-13(12)11-14/h7,12-14,16-17H,1-6,8-11H2. The highest BCUT2D eigenvalue weighted by molar-refractivity contribution is 5.05. The molecular formula is C16H26O2. The fourth-order valence-electron chi connectivity index (χ4n) is 4.21. The maximum atomic E-state index is 10.5. The van der Waals surface area contributed by atoms with E-state index in [9.17, 15) is 5.11 Å². The first-order chi connectivity index (χ1) is 8.84. The van der Waals surface area contributed by atoms with Crippen LogP contribution in [0.4, 0.5) is 0 Å². The van der Waals surface area contributed by atoms with Crippen LogP contribution in [0, 0.1) is 17.8 Å². The Morgan fingerprint density at radius 3 is 2.67 bits per heavy atom. The highest BCUT2D eigenvalue weighted by Crippen LogP contribution is 2.44. The lowest BCUT2D eigenvalue weighted by molar-refractivity contribution is 0.0138. The van der Waals surface area contributed by atoms with Gasteiger partial charge in [-0.05, 0) is 55.9 Å². The van der Waals surface area contributed by atoms with Gasteiger partial charge in [0, 0.05) is 0 Å². The largest absolute Gasteiger partial charge is 0.495 e. The summed E-state index contributed by atoms with van der Waals surface area (Å²) in [5, 5.41) is 10.5. The van der Waals surface area contributed by atoms with E-state index in [1.165, 1.54) is 44.9 Å². The zero-order chi connectivity index (χ0) is 12.4. The van der Waals surface area contributed by atoms with Crippen LogP contribution in [0.3, 0.4) is 0 Å². The van der Waals surface area contributed by atoms with Crippen molar-refractivity contribution in [1.29, 1.82) is 0 Å². The molecule has 1 heterocycles. The van der Waals surface area contributed by atoms with Crippen molar-refractivity contribution in [2.24, 2.45) is 17.8 Å². The average Bonchev–Trinajstić information content (AvgIpc) is 2.47. The normalized spacial score (nSPS) is 38.3. The van der Waals surface area contributed by atoms with Crippen molar-refractivity contribution in [3.8, 4) is 0 Å². The monoisotopic (exact) mass is 250 g/mol. The molecule has 0 aromatic carbocycles. The van der Waals surface area contributed by atoms with E-state index in [4.69, 9.17) is 4.74 Å². The predicted molar refractivity (Wildman–Crippen MR) is 72.1 cm³/mol. The van der Waals surface area contributed by atoms with Gasteiger partial charge in [-0.3, -0.25) is 0 Å². The van der Waals surface area contributed by atoms with Gasteiger partial charge < -0.3 is 9.84 Å². The minimum atomic E-state index is -0.326. The summed E-state index contributed by atoms with van der Waals surface area (Å²) in [5.74, 6) is 3.18. The van der Waals surface area contributed by atoms with E-state index in [2.05, 4.69) is 6.08 Å². The summed E-state index contributed by atoms with van der Waals surface area (Å²) in [4.78, 5) is 0. The van der Waals surface area contributed by atoms with E-state index >= 15 is 0 Å². The van der Waals surface area contributed by atoms with Crippen LogP contribution in [-0.4, -0.2) is 17.8 Å². The van der Waals surface area contributed by atoms with Crippen LogP contribution in [0.2, 0.25) is 0 Å². The molecule has 0 radical (unpaired) electrons. The molecule has 4 atom stereocenters. The Kier molecular flexibility index (Phi) is 3.93. The Bertz CT molecular complexity index is 310. The Hall–Kier alpha value is -0.500. The Labute approximate surface area is 110 Å². The summed E-state index contributed by atoms with van der Waals surface area (Å²) in [6, 6.07) is 0. The van der Waals surface area contributed by atoms with Crippen molar-refractivity contribution >= 4 is 0 Å². The summed E-state index contributed by atoms with van der Waals surface area (Å²) in [5.41, 5.74) is 0. The average molecular weight is 250 g/mol. The SMILES string of the molecule is OC(C1=CCCCO1)C1CCC2CCCCC2C1. The van der Waals surface area contributed by atoms with Gasteiger partial charge in [-0.1, -0.05) is 25.7 Å². The molecular weight excluding hydrogens is 224 g/mol. The van der Waals surface area contributed by atoms with Crippen molar-refractivity contribution < 1.29 is 9.84 Å². The lowest BCUT2D eigenvalue weighted by atomic mass is 9.66. The van der Waals surface area contributed by atoms with Gasteiger partial charge in [-0.15, -0.1) is 0 Å². The lowest BCUT2D eigenvalue weighted by Gasteiger charge is -2.41. The van der Waals surface area contributed by atoms with Gasteiger partial charge in [-0.25, -0.2) is 0 Å². The number of aliphatic hydroxyl groups excluding tert-OH is 1.